The average Bonchev–Trinajstić information content (AvgIpc) is 3.46. The molecular formula is C19H18N4O. The second-order valence-electron chi connectivity index (χ2n) is 7.10. The van der Waals surface area contributed by atoms with E-state index in [0.717, 1.165) is 28.9 Å². The van der Waals surface area contributed by atoms with Crippen LogP contribution < -0.4 is 5.32 Å². The van der Waals surface area contributed by atoms with Crippen molar-refractivity contribution in [1.29, 1.82) is 0 Å². The van der Waals surface area contributed by atoms with Crippen LogP contribution >= 0.6 is 0 Å². The van der Waals surface area contributed by atoms with Crippen molar-refractivity contribution in [2.24, 2.45) is 11.3 Å². The maximum Gasteiger partial charge on any atom is 0.229 e. The smallest absolute Gasteiger partial charge is 0.229 e. The lowest BCUT2D eigenvalue weighted by molar-refractivity contribution is -0.117. The Hall–Kier alpha value is -2.69. The first-order valence-corrected chi connectivity index (χ1v) is 8.36. The van der Waals surface area contributed by atoms with Crippen molar-refractivity contribution in [3.8, 4) is 11.1 Å². The highest BCUT2D eigenvalue weighted by atomic mass is 16.2. The first-order chi connectivity index (χ1) is 11.6. The van der Waals surface area contributed by atoms with Crippen LogP contribution in [0.2, 0.25) is 0 Å². The molecular weight excluding hydrogens is 300 g/mol. The van der Waals surface area contributed by atoms with Crippen molar-refractivity contribution in [2.45, 2.75) is 26.2 Å². The summed E-state index contributed by atoms with van der Waals surface area (Å²) in [4.78, 5) is 21.0. The van der Waals surface area contributed by atoms with Gasteiger partial charge in [0.2, 0.25) is 5.91 Å². The van der Waals surface area contributed by atoms with E-state index >= 15 is 0 Å². The number of rotatable bonds is 3. The van der Waals surface area contributed by atoms with Gasteiger partial charge in [-0.05, 0) is 67.0 Å². The highest BCUT2D eigenvalue weighted by molar-refractivity contribution is 5.95. The van der Waals surface area contributed by atoms with E-state index in [0.29, 0.717) is 11.2 Å². The molecule has 0 aromatic carbocycles. The van der Waals surface area contributed by atoms with Crippen LogP contribution in [0.3, 0.4) is 0 Å². The molecule has 3 aromatic rings. The van der Waals surface area contributed by atoms with Gasteiger partial charge in [0.05, 0.1) is 6.20 Å². The number of hydrogen-bond acceptors (Lipinski definition) is 3. The van der Waals surface area contributed by atoms with Crippen LogP contribution in [0.15, 0.2) is 42.9 Å². The molecule has 2 fully saturated rings. The zero-order valence-corrected chi connectivity index (χ0v) is 13.5. The molecule has 0 saturated heterocycles. The number of carbonyl (C=O) groups excluding carboxylic acids is 1. The number of fused-ring (bicyclic) bond motifs is 1. The molecule has 3 heterocycles. The summed E-state index contributed by atoms with van der Waals surface area (Å²) in [7, 11) is 0. The molecule has 2 aliphatic carbocycles. The van der Waals surface area contributed by atoms with Gasteiger partial charge in [-0.1, -0.05) is 0 Å². The molecule has 1 spiro atoms. The minimum Gasteiger partial charge on any atom is -0.309 e. The van der Waals surface area contributed by atoms with E-state index in [1.54, 1.807) is 0 Å². The van der Waals surface area contributed by atoms with Gasteiger partial charge in [0.15, 0.2) is 5.82 Å². The summed E-state index contributed by atoms with van der Waals surface area (Å²) in [6, 6.07) is 8.07. The van der Waals surface area contributed by atoms with Gasteiger partial charge in [-0.2, -0.15) is 0 Å². The maximum absolute atomic E-state index is 12.3. The van der Waals surface area contributed by atoms with Crippen LogP contribution in [0, 0.1) is 18.3 Å². The van der Waals surface area contributed by atoms with E-state index in [1.165, 1.54) is 12.8 Å². The van der Waals surface area contributed by atoms with E-state index in [9.17, 15) is 4.79 Å². The summed E-state index contributed by atoms with van der Waals surface area (Å²) < 4.78 is 1.96. The van der Waals surface area contributed by atoms with Gasteiger partial charge in [0, 0.05) is 24.0 Å². The summed E-state index contributed by atoms with van der Waals surface area (Å²) in [5, 5.41) is 2.98. The minimum absolute atomic E-state index is 0.126. The number of pyridine rings is 2. The minimum atomic E-state index is 0.126. The molecule has 1 atom stereocenters. The summed E-state index contributed by atoms with van der Waals surface area (Å²) in [6.07, 6.45) is 9.21. The Morgan fingerprint density at radius 3 is 2.88 bits per heavy atom. The second kappa shape index (κ2) is 4.66. The third kappa shape index (κ3) is 2.19. The number of hydrogen-bond donors (Lipinski definition) is 1. The first kappa shape index (κ1) is 13.7. The normalized spacial score (nSPS) is 20.3. The van der Waals surface area contributed by atoms with E-state index in [-0.39, 0.29) is 11.8 Å². The van der Waals surface area contributed by atoms with Gasteiger partial charge < -0.3 is 9.72 Å². The van der Waals surface area contributed by atoms with Gasteiger partial charge in [0.25, 0.3) is 0 Å². The molecule has 1 amide bonds. The van der Waals surface area contributed by atoms with Gasteiger partial charge in [-0.3, -0.25) is 9.78 Å². The summed E-state index contributed by atoms with van der Waals surface area (Å²) >= 11 is 0. The fourth-order valence-corrected chi connectivity index (χ4v) is 3.59. The number of imidazole rings is 1. The average molecular weight is 318 g/mol. The number of amides is 1. The van der Waals surface area contributed by atoms with Crippen LogP contribution in [0.1, 0.15) is 25.0 Å². The number of aromatic nitrogens is 3. The largest absolute Gasteiger partial charge is 0.309 e. The van der Waals surface area contributed by atoms with E-state index < -0.39 is 0 Å². The Balaban J connectivity index is 1.42. The van der Waals surface area contributed by atoms with Crippen LogP contribution in [0.4, 0.5) is 5.82 Å². The lowest BCUT2D eigenvalue weighted by Crippen LogP contribution is -2.15. The standard InChI is InChI=1S/C19H18N4O/c1-12-8-13(4-7-20-12)14-2-3-17-21-16(11-23(17)10-14)22-18(24)15-9-19(15)5-6-19/h2-4,7-8,10-11,15H,5-6,9H2,1H3,(H,22,24). The third-order valence-corrected chi connectivity index (χ3v) is 5.33. The maximum atomic E-state index is 12.3. The SMILES string of the molecule is Cc1cc(-c2ccc3nc(NC(=O)C4CC45CC5)cn3c2)ccn1. The highest BCUT2D eigenvalue weighted by Crippen LogP contribution is 2.70. The predicted molar refractivity (Wildman–Crippen MR) is 91.6 cm³/mol. The van der Waals surface area contributed by atoms with E-state index in [1.807, 2.05) is 48.1 Å². The molecule has 5 rings (SSSR count). The Morgan fingerprint density at radius 2 is 2.12 bits per heavy atom. The molecule has 1 N–H and O–H groups in total. The zero-order chi connectivity index (χ0) is 16.3. The van der Waals surface area contributed by atoms with Crippen molar-refractivity contribution in [2.75, 3.05) is 5.32 Å². The van der Waals surface area contributed by atoms with E-state index in [2.05, 4.69) is 21.4 Å². The van der Waals surface area contributed by atoms with Crippen LogP contribution in [-0.4, -0.2) is 20.3 Å². The molecule has 5 nitrogen and oxygen atoms in total. The number of anilines is 1. The molecule has 0 bridgehead atoms. The quantitative estimate of drug-likeness (QED) is 0.804. The summed E-state index contributed by atoms with van der Waals surface area (Å²) in [5.41, 5.74) is 4.41. The van der Waals surface area contributed by atoms with Crippen molar-refractivity contribution in [1.82, 2.24) is 14.4 Å². The second-order valence-corrected chi connectivity index (χ2v) is 7.10. The van der Waals surface area contributed by atoms with Gasteiger partial charge in [-0.15, -0.1) is 0 Å². The molecule has 1 unspecified atom stereocenters. The van der Waals surface area contributed by atoms with Crippen molar-refractivity contribution < 1.29 is 4.79 Å². The predicted octanol–water partition coefficient (Wildman–Crippen LogP) is 3.44. The lowest BCUT2D eigenvalue weighted by Gasteiger charge is -2.03. The van der Waals surface area contributed by atoms with Crippen LogP contribution in [0.25, 0.3) is 16.8 Å². The van der Waals surface area contributed by atoms with Crippen molar-refractivity contribution >= 4 is 17.4 Å². The Morgan fingerprint density at radius 1 is 1.25 bits per heavy atom. The highest BCUT2D eigenvalue weighted by Gasteiger charge is 2.65. The van der Waals surface area contributed by atoms with Gasteiger partial charge in [0.1, 0.15) is 5.65 Å². The Kier molecular flexibility index (Phi) is 2.66. The first-order valence-electron chi connectivity index (χ1n) is 8.36. The monoisotopic (exact) mass is 318 g/mol. The topological polar surface area (TPSA) is 59.3 Å². The summed E-state index contributed by atoms with van der Waals surface area (Å²) in [5.74, 6) is 0.962. The third-order valence-electron chi connectivity index (χ3n) is 5.33. The molecule has 2 aliphatic rings. The number of carbonyl (C=O) groups is 1. The van der Waals surface area contributed by atoms with Crippen molar-refractivity contribution in [3.63, 3.8) is 0 Å². The molecule has 2 saturated carbocycles. The number of nitrogens with one attached hydrogen (secondary N) is 1. The van der Waals surface area contributed by atoms with Crippen LogP contribution in [-0.2, 0) is 4.79 Å². The fraction of sp³-hybridized carbons (Fsp3) is 0.316. The number of aryl methyl sites for hydroxylation is 1. The molecule has 5 heteroatoms. The zero-order valence-electron chi connectivity index (χ0n) is 13.5. The molecule has 120 valence electrons. The Labute approximate surface area is 139 Å². The lowest BCUT2D eigenvalue weighted by atomic mass is 10.1. The Bertz CT molecular complexity index is 970. The molecule has 0 radical (unpaired) electrons. The molecule has 24 heavy (non-hydrogen) atoms. The van der Waals surface area contributed by atoms with Crippen LogP contribution in [0.5, 0.6) is 0 Å². The van der Waals surface area contributed by atoms with Crippen molar-refractivity contribution in [3.05, 3.63) is 48.5 Å². The van der Waals surface area contributed by atoms with Gasteiger partial charge >= 0.3 is 0 Å². The van der Waals surface area contributed by atoms with E-state index in [4.69, 9.17) is 0 Å². The number of nitrogens with zero attached hydrogens (tertiary/aromatic N) is 3. The summed E-state index contributed by atoms with van der Waals surface area (Å²) in [6.45, 7) is 1.98. The van der Waals surface area contributed by atoms with Gasteiger partial charge in [-0.25, -0.2) is 4.98 Å². The molecule has 3 aromatic heterocycles. The fourth-order valence-electron chi connectivity index (χ4n) is 3.59. The molecule has 0 aliphatic heterocycles.